The zero-order valence-electron chi connectivity index (χ0n) is 25.5. The lowest BCUT2D eigenvalue weighted by Crippen LogP contribution is -2.53. The molecule has 2 aliphatic carbocycles. The summed E-state index contributed by atoms with van der Waals surface area (Å²) in [6, 6.07) is 28.0. The number of amides is 4. The summed E-state index contributed by atoms with van der Waals surface area (Å²) in [7, 11) is 1.52. The molecule has 6 atom stereocenters. The van der Waals surface area contributed by atoms with Crippen molar-refractivity contribution in [2.75, 3.05) is 12.5 Å². The molecule has 6 unspecified atom stereocenters. The van der Waals surface area contributed by atoms with Crippen LogP contribution in [0.15, 0.2) is 103 Å². The van der Waals surface area contributed by atoms with Gasteiger partial charge in [-0.1, -0.05) is 90.0 Å². The molecule has 1 saturated carbocycles. The van der Waals surface area contributed by atoms with Crippen molar-refractivity contribution in [1.29, 1.82) is 0 Å². The maximum absolute atomic E-state index is 15.3. The number of phenolic OH excluding ortho intramolecular Hbond substituents is 1. The minimum absolute atomic E-state index is 0.0116. The number of likely N-dealkylation sites (tertiary alicyclic amines) is 1. The molecule has 8 heteroatoms. The highest BCUT2D eigenvalue weighted by Crippen LogP contribution is 2.65. The van der Waals surface area contributed by atoms with Crippen LogP contribution < -0.4 is 5.43 Å². The first-order valence-corrected chi connectivity index (χ1v) is 15.7. The van der Waals surface area contributed by atoms with Crippen molar-refractivity contribution in [3.05, 3.63) is 119 Å². The number of aryl methyl sites for hydroxylation is 1. The zero-order chi connectivity index (χ0) is 31.9. The summed E-state index contributed by atoms with van der Waals surface area (Å²) in [4.78, 5) is 58.1. The van der Waals surface area contributed by atoms with Crippen molar-refractivity contribution < 1.29 is 24.3 Å². The number of nitrogens with one attached hydrogen (secondary N) is 1. The molecular weight excluding hydrogens is 578 g/mol. The number of hydrazine groups is 1. The Morgan fingerprint density at radius 3 is 2.28 bits per heavy atom. The van der Waals surface area contributed by atoms with E-state index in [4.69, 9.17) is 0 Å². The van der Waals surface area contributed by atoms with Crippen LogP contribution in [0.3, 0.4) is 0 Å². The molecule has 0 aromatic heterocycles. The molecule has 8 nitrogen and oxygen atoms in total. The van der Waals surface area contributed by atoms with Crippen LogP contribution in [0.25, 0.3) is 10.8 Å². The molecule has 0 spiro atoms. The van der Waals surface area contributed by atoms with Gasteiger partial charge in [-0.3, -0.25) is 29.5 Å². The largest absolute Gasteiger partial charge is 0.508 e. The number of phenols is 1. The second-order valence-corrected chi connectivity index (χ2v) is 13.0. The standard InChI is InChI=1S/C38H33N3O5/c1-21-12-15-24(16-13-21)39-41-35(44)29-20-28-26(17-18-27-31(28)36(45)40(2)34(27)43)33(38(29,37(41)46)23-9-4-3-5-10-23)32-25-11-7-6-8-22(25)14-19-30(32)42/h3-17,19,27-29,31,33,39,42H,18,20H2,1-2H3. The van der Waals surface area contributed by atoms with Crippen molar-refractivity contribution in [3.63, 3.8) is 0 Å². The molecule has 4 aromatic carbocycles. The number of aromatic hydroxyl groups is 1. The first-order chi connectivity index (χ1) is 22.2. The number of carbonyl (C=O) groups excluding carboxylic acids is 4. The van der Waals surface area contributed by atoms with Crippen LogP contribution in [0.4, 0.5) is 5.69 Å². The fourth-order valence-corrected chi connectivity index (χ4v) is 8.81. The predicted octanol–water partition coefficient (Wildman–Crippen LogP) is 5.47. The smallest absolute Gasteiger partial charge is 0.260 e. The summed E-state index contributed by atoms with van der Waals surface area (Å²) in [6.45, 7) is 1.96. The third-order valence-corrected chi connectivity index (χ3v) is 10.8. The molecule has 2 saturated heterocycles. The molecule has 0 bridgehead atoms. The molecule has 0 radical (unpaired) electrons. The minimum Gasteiger partial charge on any atom is -0.508 e. The van der Waals surface area contributed by atoms with E-state index in [2.05, 4.69) is 5.43 Å². The first kappa shape index (κ1) is 28.2. The van der Waals surface area contributed by atoms with E-state index in [9.17, 15) is 19.5 Å². The van der Waals surface area contributed by atoms with E-state index in [1.165, 1.54) is 11.9 Å². The number of carbonyl (C=O) groups is 4. The molecule has 2 N–H and O–H groups in total. The lowest BCUT2D eigenvalue weighted by Gasteiger charge is -2.51. The monoisotopic (exact) mass is 611 g/mol. The summed E-state index contributed by atoms with van der Waals surface area (Å²) >= 11 is 0. The molecule has 2 aliphatic heterocycles. The average Bonchev–Trinajstić information content (AvgIpc) is 3.43. The Balaban J connectivity index is 1.42. The summed E-state index contributed by atoms with van der Waals surface area (Å²) in [5.74, 6) is -4.59. The Kier molecular flexibility index (Phi) is 6.23. The van der Waals surface area contributed by atoms with E-state index in [1.807, 2.05) is 97.9 Å². The second kappa shape index (κ2) is 10.1. The van der Waals surface area contributed by atoms with E-state index < -0.39 is 46.8 Å². The Hall–Kier alpha value is -5.24. The van der Waals surface area contributed by atoms with Crippen molar-refractivity contribution in [3.8, 4) is 5.75 Å². The fraction of sp³-hybridized carbons (Fsp3) is 0.263. The van der Waals surface area contributed by atoms with Gasteiger partial charge in [0.1, 0.15) is 5.75 Å². The second-order valence-electron chi connectivity index (χ2n) is 13.0. The summed E-state index contributed by atoms with van der Waals surface area (Å²) in [5.41, 5.74) is 5.34. The van der Waals surface area contributed by atoms with Gasteiger partial charge in [-0.2, -0.15) is 5.01 Å². The summed E-state index contributed by atoms with van der Waals surface area (Å²) < 4.78 is 0. The van der Waals surface area contributed by atoms with Crippen molar-refractivity contribution >= 4 is 40.1 Å². The highest BCUT2D eigenvalue weighted by atomic mass is 16.3. The number of fused-ring (bicyclic) bond motifs is 5. The van der Waals surface area contributed by atoms with Gasteiger partial charge in [-0.05, 0) is 60.2 Å². The van der Waals surface area contributed by atoms with E-state index in [1.54, 1.807) is 6.07 Å². The molecule has 4 amide bonds. The highest BCUT2D eigenvalue weighted by Gasteiger charge is 2.70. The number of imide groups is 2. The lowest BCUT2D eigenvalue weighted by molar-refractivity contribution is -0.140. The van der Waals surface area contributed by atoms with Gasteiger partial charge in [-0.15, -0.1) is 0 Å². The summed E-state index contributed by atoms with van der Waals surface area (Å²) in [5, 5.41) is 14.5. The molecular formula is C38H33N3O5. The van der Waals surface area contributed by atoms with Gasteiger partial charge >= 0.3 is 0 Å². The molecule has 4 aromatic rings. The van der Waals surface area contributed by atoms with Crippen molar-refractivity contribution in [2.45, 2.75) is 31.1 Å². The van der Waals surface area contributed by atoms with Gasteiger partial charge in [0, 0.05) is 18.5 Å². The predicted molar refractivity (Wildman–Crippen MR) is 172 cm³/mol. The third kappa shape index (κ3) is 3.73. The van der Waals surface area contributed by atoms with Gasteiger partial charge in [0.05, 0.1) is 28.9 Å². The van der Waals surface area contributed by atoms with Crippen LogP contribution in [-0.4, -0.2) is 45.7 Å². The molecule has 4 aliphatic rings. The summed E-state index contributed by atoms with van der Waals surface area (Å²) in [6.07, 6.45) is 2.57. The van der Waals surface area contributed by atoms with Crippen LogP contribution in [0, 0.1) is 30.6 Å². The third-order valence-electron chi connectivity index (χ3n) is 10.8. The average molecular weight is 612 g/mol. The van der Waals surface area contributed by atoms with E-state index >= 15 is 4.79 Å². The van der Waals surface area contributed by atoms with Crippen LogP contribution in [0.5, 0.6) is 5.75 Å². The van der Waals surface area contributed by atoms with Crippen molar-refractivity contribution in [2.24, 2.45) is 23.7 Å². The molecule has 46 heavy (non-hydrogen) atoms. The Bertz CT molecular complexity index is 1990. The maximum atomic E-state index is 15.3. The Morgan fingerprint density at radius 2 is 1.52 bits per heavy atom. The topological polar surface area (TPSA) is 107 Å². The highest BCUT2D eigenvalue weighted by molar-refractivity contribution is 6.13. The molecule has 230 valence electrons. The molecule has 3 fully saturated rings. The number of hydrogen-bond donors (Lipinski definition) is 2. The molecule has 8 rings (SSSR count). The van der Waals surface area contributed by atoms with Crippen LogP contribution in [-0.2, 0) is 24.6 Å². The van der Waals surface area contributed by atoms with Crippen LogP contribution in [0.2, 0.25) is 0 Å². The minimum atomic E-state index is -1.44. The Labute approximate surface area is 266 Å². The van der Waals surface area contributed by atoms with Gasteiger partial charge in [0.2, 0.25) is 11.8 Å². The number of benzene rings is 4. The quantitative estimate of drug-likeness (QED) is 0.234. The van der Waals surface area contributed by atoms with Crippen LogP contribution >= 0.6 is 0 Å². The van der Waals surface area contributed by atoms with Crippen LogP contribution in [0.1, 0.15) is 35.4 Å². The van der Waals surface area contributed by atoms with Gasteiger partial charge in [0.25, 0.3) is 11.8 Å². The number of allylic oxidation sites excluding steroid dienone is 2. The van der Waals surface area contributed by atoms with E-state index in [0.29, 0.717) is 23.2 Å². The normalized spacial score (nSPS) is 28.7. The van der Waals surface area contributed by atoms with Gasteiger partial charge in [-0.25, -0.2) is 0 Å². The van der Waals surface area contributed by atoms with Crippen molar-refractivity contribution in [1.82, 2.24) is 9.91 Å². The number of nitrogens with zero attached hydrogens (tertiary/aromatic N) is 2. The maximum Gasteiger partial charge on any atom is 0.260 e. The SMILES string of the molecule is Cc1ccc(NN2C(=O)C3CC4C(=CCC5C(=O)N(C)C(=O)C54)C(c4c(O)ccc5ccccc45)C3(c3ccccc3)C2=O)cc1. The number of hydrogen-bond acceptors (Lipinski definition) is 6. The fourth-order valence-electron chi connectivity index (χ4n) is 8.81. The van der Waals surface area contributed by atoms with Gasteiger partial charge in [0.15, 0.2) is 0 Å². The number of rotatable bonds is 4. The van der Waals surface area contributed by atoms with E-state index in [-0.39, 0.29) is 24.0 Å². The Morgan fingerprint density at radius 1 is 0.804 bits per heavy atom. The lowest BCUT2D eigenvalue weighted by atomic mass is 9.48. The number of anilines is 1. The van der Waals surface area contributed by atoms with Gasteiger partial charge < -0.3 is 5.11 Å². The molecule has 2 heterocycles. The first-order valence-electron chi connectivity index (χ1n) is 15.7. The zero-order valence-corrected chi connectivity index (χ0v) is 25.5. The van der Waals surface area contributed by atoms with E-state index in [0.717, 1.165) is 26.9 Å².